The summed E-state index contributed by atoms with van der Waals surface area (Å²) >= 11 is 0. The van der Waals surface area contributed by atoms with Gasteiger partial charge in [0.15, 0.2) is 11.5 Å². The molecule has 8 heteroatoms. The summed E-state index contributed by atoms with van der Waals surface area (Å²) in [6, 6.07) is 2.22. The van der Waals surface area contributed by atoms with Crippen LogP contribution in [0.1, 0.15) is 25.5 Å². The van der Waals surface area contributed by atoms with E-state index < -0.39 is 18.0 Å². The Morgan fingerprint density at radius 1 is 1.15 bits per heavy atom. The Balaban J connectivity index is 2.51. The number of esters is 1. The molecule has 0 fully saturated rings. The number of carbonyl (C=O) groups excluding carboxylic acids is 2. The van der Waals surface area contributed by atoms with Gasteiger partial charge in [0.1, 0.15) is 6.61 Å². The van der Waals surface area contributed by atoms with Gasteiger partial charge < -0.3 is 29.6 Å². The maximum absolute atomic E-state index is 12.6. The number of carbonyl (C=O) groups is 2. The van der Waals surface area contributed by atoms with E-state index >= 15 is 0 Å². The molecule has 1 atom stereocenters. The van der Waals surface area contributed by atoms with Crippen molar-refractivity contribution in [1.82, 2.24) is 10.6 Å². The van der Waals surface area contributed by atoms with Crippen LogP contribution in [0, 0.1) is 0 Å². The van der Waals surface area contributed by atoms with Crippen LogP contribution in [0.2, 0.25) is 0 Å². The minimum absolute atomic E-state index is 0.141. The lowest BCUT2D eigenvalue weighted by molar-refractivity contribution is -0.138. The molecule has 1 aromatic carbocycles. The molecule has 0 bridgehead atoms. The normalized spacial score (nSPS) is 16.6. The Morgan fingerprint density at radius 3 is 2.30 bits per heavy atom. The van der Waals surface area contributed by atoms with Gasteiger partial charge in [-0.25, -0.2) is 9.59 Å². The third-order valence-electron chi connectivity index (χ3n) is 4.06. The lowest BCUT2D eigenvalue weighted by atomic mass is 9.95. The van der Waals surface area contributed by atoms with Gasteiger partial charge in [0.2, 0.25) is 5.75 Å². The molecule has 146 valence electrons. The highest BCUT2D eigenvalue weighted by Gasteiger charge is 2.33. The summed E-state index contributed by atoms with van der Waals surface area (Å²) in [6.07, 6.45) is 3.50. The van der Waals surface area contributed by atoms with Crippen molar-refractivity contribution in [2.75, 3.05) is 27.9 Å². The van der Waals surface area contributed by atoms with Gasteiger partial charge in [-0.05, 0) is 31.5 Å². The Kier molecular flexibility index (Phi) is 6.70. The number of urea groups is 1. The van der Waals surface area contributed by atoms with Crippen LogP contribution in [0.5, 0.6) is 17.2 Å². The van der Waals surface area contributed by atoms with Crippen molar-refractivity contribution in [2.24, 2.45) is 0 Å². The zero-order valence-electron chi connectivity index (χ0n) is 16.0. The molecular formula is C19H24N2O6. The van der Waals surface area contributed by atoms with Gasteiger partial charge in [0.05, 0.1) is 32.9 Å². The second kappa shape index (κ2) is 8.98. The molecule has 0 spiro atoms. The summed E-state index contributed by atoms with van der Waals surface area (Å²) in [7, 11) is 4.49. The molecule has 1 aliphatic rings. The van der Waals surface area contributed by atoms with Crippen LogP contribution in [0.15, 0.2) is 35.6 Å². The molecule has 2 amide bonds. The number of nitrogens with one attached hydrogen (secondary N) is 2. The highest BCUT2D eigenvalue weighted by atomic mass is 16.5. The average Bonchev–Trinajstić information content (AvgIpc) is 2.66. The van der Waals surface area contributed by atoms with Crippen molar-refractivity contribution in [1.29, 1.82) is 0 Å². The third kappa shape index (κ3) is 4.33. The zero-order chi connectivity index (χ0) is 20.0. The summed E-state index contributed by atoms with van der Waals surface area (Å²) in [6.45, 7) is 3.62. The molecule has 0 radical (unpaired) electrons. The first-order valence-corrected chi connectivity index (χ1v) is 8.33. The molecule has 0 aliphatic carbocycles. The van der Waals surface area contributed by atoms with Crippen molar-refractivity contribution in [2.45, 2.75) is 19.9 Å². The molecule has 0 aromatic heterocycles. The summed E-state index contributed by atoms with van der Waals surface area (Å²) in [5, 5.41) is 5.35. The lowest BCUT2D eigenvalue weighted by Gasteiger charge is -2.28. The molecule has 1 aliphatic heterocycles. The summed E-state index contributed by atoms with van der Waals surface area (Å²) in [5.74, 6) is 0.719. The van der Waals surface area contributed by atoms with Crippen LogP contribution >= 0.6 is 0 Å². The summed E-state index contributed by atoms with van der Waals surface area (Å²) < 4.78 is 21.3. The van der Waals surface area contributed by atoms with E-state index in [0.717, 1.165) is 0 Å². The molecule has 0 saturated carbocycles. The molecule has 1 heterocycles. The third-order valence-corrected chi connectivity index (χ3v) is 4.06. The van der Waals surface area contributed by atoms with E-state index in [2.05, 4.69) is 10.6 Å². The lowest BCUT2D eigenvalue weighted by Crippen LogP contribution is -2.45. The first-order valence-electron chi connectivity index (χ1n) is 8.33. The number of ether oxygens (including phenoxy) is 4. The molecule has 2 rings (SSSR count). The molecule has 1 aromatic rings. The minimum atomic E-state index is -0.731. The number of hydrogen-bond acceptors (Lipinski definition) is 6. The smallest absolute Gasteiger partial charge is 0.338 e. The van der Waals surface area contributed by atoms with Crippen molar-refractivity contribution in [3.63, 3.8) is 0 Å². The van der Waals surface area contributed by atoms with E-state index in [9.17, 15) is 9.59 Å². The second-order valence-corrected chi connectivity index (χ2v) is 5.70. The number of methoxy groups -OCH3 is 3. The predicted molar refractivity (Wildman–Crippen MR) is 99.0 cm³/mol. The highest BCUT2D eigenvalue weighted by molar-refractivity contribution is 5.95. The van der Waals surface area contributed by atoms with E-state index in [0.29, 0.717) is 34.1 Å². The largest absolute Gasteiger partial charge is 0.493 e. The Morgan fingerprint density at radius 2 is 1.78 bits per heavy atom. The molecule has 0 saturated heterocycles. The zero-order valence-corrected chi connectivity index (χ0v) is 16.0. The van der Waals surface area contributed by atoms with Crippen molar-refractivity contribution in [3.8, 4) is 17.2 Å². The maximum atomic E-state index is 12.6. The average molecular weight is 376 g/mol. The van der Waals surface area contributed by atoms with E-state index in [1.54, 1.807) is 31.2 Å². The molecule has 1 unspecified atom stereocenters. The SMILES string of the molecule is C/C=C\COC(=O)C1=C(C)NC(=O)NC1c1cc(OC)c(OC)c(OC)c1. The maximum Gasteiger partial charge on any atom is 0.338 e. The predicted octanol–water partition coefficient (Wildman–Crippen LogP) is 2.46. The number of allylic oxidation sites excluding steroid dienone is 2. The Labute approximate surface area is 158 Å². The standard InChI is InChI=1S/C19H24N2O6/c1-6-7-8-27-18(22)15-11(2)20-19(23)21-16(15)12-9-13(24-3)17(26-5)14(10-12)25-4/h6-7,9-10,16H,8H2,1-5H3,(H2,20,21,23)/b7-6-. The van der Waals surface area contributed by atoms with Gasteiger partial charge >= 0.3 is 12.0 Å². The number of benzene rings is 1. The molecule has 8 nitrogen and oxygen atoms in total. The van der Waals surface area contributed by atoms with Crippen LogP contribution in [0.4, 0.5) is 4.79 Å². The number of hydrogen-bond donors (Lipinski definition) is 2. The van der Waals surface area contributed by atoms with E-state index in [1.807, 2.05) is 6.92 Å². The first kappa shape index (κ1) is 20.2. The fourth-order valence-electron chi connectivity index (χ4n) is 2.78. The minimum Gasteiger partial charge on any atom is -0.493 e. The second-order valence-electron chi connectivity index (χ2n) is 5.70. The van der Waals surface area contributed by atoms with Gasteiger partial charge in [-0.2, -0.15) is 0 Å². The van der Waals surface area contributed by atoms with Crippen LogP contribution in [0.25, 0.3) is 0 Å². The monoisotopic (exact) mass is 376 g/mol. The van der Waals surface area contributed by atoms with Crippen LogP contribution in [-0.2, 0) is 9.53 Å². The van der Waals surface area contributed by atoms with Crippen LogP contribution in [0.3, 0.4) is 0 Å². The Hall–Kier alpha value is -3.16. The quantitative estimate of drug-likeness (QED) is 0.561. The molecule has 2 N–H and O–H groups in total. The van der Waals surface area contributed by atoms with Gasteiger partial charge in [-0.3, -0.25) is 0 Å². The van der Waals surface area contributed by atoms with Gasteiger partial charge in [-0.1, -0.05) is 12.2 Å². The fourth-order valence-corrected chi connectivity index (χ4v) is 2.78. The van der Waals surface area contributed by atoms with Gasteiger partial charge in [-0.15, -0.1) is 0 Å². The number of rotatable bonds is 7. The molecular weight excluding hydrogens is 352 g/mol. The highest BCUT2D eigenvalue weighted by Crippen LogP contribution is 2.41. The van der Waals surface area contributed by atoms with E-state index in [4.69, 9.17) is 18.9 Å². The van der Waals surface area contributed by atoms with Crippen LogP contribution in [-0.4, -0.2) is 39.9 Å². The van der Waals surface area contributed by atoms with E-state index in [1.165, 1.54) is 21.3 Å². The van der Waals surface area contributed by atoms with Crippen molar-refractivity contribution < 1.29 is 28.5 Å². The van der Waals surface area contributed by atoms with Crippen LogP contribution < -0.4 is 24.8 Å². The summed E-state index contributed by atoms with van der Waals surface area (Å²) in [4.78, 5) is 24.6. The van der Waals surface area contributed by atoms with Gasteiger partial charge in [0.25, 0.3) is 0 Å². The topological polar surface area (TPSA) is 95.1 Å². The van der Waals surface area contributed by atoms with Crippen molar-refractivity contribution >= 4 is 12.0 Å². The van der Waals surface area contributed by atoms with Crippen molar-refractivity contribution in [3.05, 3.63) is 41.1 Å². The van der Waals surface area contributed by atoms with E-state index in [-0.39, 0.29) is 6.61 Å². The number of amides is 2. The van der Waals surface area contributed by atoms with Gasteiger partial charge in [0, 0.05) is 5.70 Å². The summed E-state index contributed by atoms with van der Waals surface area (Å²) in [5.41, 5.74) is 1.31. The molecule has 27 heavy (non-hydrogen) atoms. The first-order chi connectivity index (χ1) is 13.0. The Bertz CT molecular complexity index is 759. The fraction of sp³-hybridized carbons (Fsp3) is 0.368.